The van der Waals surface area contributed by atoms with Crippen molar-refractivity contribution in [3.63, 3.8) is 0 Å². The van der Waals surface area contributed by atoms with E-state index in [1.54, 1.807) is 12.4 Å². The molecule has 0 unspecified atom stereocenters. The Labute approximate surface area is 192 Å². The lowest BCUT2D eigenvalue weighted by Crippen LogP contribution is -2.51. The molecule has 4 rings (SSSR count). The van der Waals surface area contributed by atoms with Gasteiger partial charge in [-0.1, -0.05) is 13.8 Å². The standard InChI is InChI=1S/C22H24BBr2F2N3/c1-7-15-11(3)21-20(19-17(24)9-28-10-18(19)25)22-12(4)16(8-2)14(6)30(22)23(26,27)29(21)13(15)5/h9-10H,7-8H2,1-6H3. The van der Waals surface area contributed by atoms with Gasteiger partial charge in [0.15, 0.2) is 5.70 Å². The summed E-state index contributed by atoms with van der Waals surface area (Å²) < 4.78 is 36.5. The fraction of sp³-hybridized carbons (Fsp3) is 0.364. The maximum atomic E-state index is 16.2. The van der Waals surface area contributed by atoms with Crippen LogP contribution in [0.2, 0.25) is 0 Å². The van der Waals surface area contributed by atoms with Crippen LogP contribution in [0.15, 0.2) is 38.2 Å². The first-order chi connectivity index (χ1) is 14.1. The molecule has 2 aromatic rings. The summed E-state index contributed by atoms with van der Waals surface area (Å²) in [4.78, 5) is 4.24. The van der Waals surface area contributed by atoms with Crippen LogP contribution in [0.5, 0.6) is 0 Å². The zero-order valence-corrected chi connectivity index (χ0v) is 21.2. The molecule has 8 heteroatoms. The Morgan fingerprint density at radius 2 is 1.63 bits per heavy atom. The van der Waals surface area contributed by atoms with Gasteiger partial charge in [0.25, 0.3) is 0 Å². The van der Waals surface area contributed by atoms with Crippen molar-refractivity contribution in [1.82, 2.24) is 9.46 Å². The molecule has 0 N–H and O–H groups in total. The normalized spacial score (nSPS) is 17.8. The lowest BCUT2D eigenvalue weighted by molar-refractivity contribution is -0.363. The maximum Gasteiger partial charge on any atom is 0.737 e. The fourth-order valence-corrected chi connectivity index (χ4v) is 6.69. The Kier molecular flexibility index (Phi) is 5.25. The average Bonchev–Trinajstić information content (AvgIpc) is 3.08. The van der Waals surface area contributed by atoms with Crippen LogP contribution in [-0.4, -0.2) is 26.6 Å². The maximum absolute atomic E-state index is 16.2. The molecule has 0 saturated heterocycles. The van der Waals surface area contributed by atoms with E-state index in [1.165, 1.54) is 8.96 Å². The largest absolute Gasteiger partial charge is 0.737 e. The molecule has 2 aromatic heterocycles. The van der Waals surface area contributed by atoms with Crippen LogP contribution in [0.3, 0.4) is 0 Å². The topological polar surface area (TPSA) is 20.8 Å². The van der Waals surface area contributed by atoms with Gasteiger partial charge in [0.1, 0.15) is 5.71 Å². The minimum atomic E-state index is -4.01. The summed E-state index contributed by atoms with van der Waals surface area (Å²) in [5.74, 6) is 0. The lowest BCUT2D eigenvalue weighted by Gasteiger charge is -2.34. The van der Waals surface area contributed by atoms with Crippen molar-refractivity contribution in [2.75, 3.05) is 0 Å². The van der Waals surface area contributed by atoms with Crippen LogP contribution in [0, 0.1) is 13.8 Å². The van der Waals surface area contributed by atoms with Gasteiger partial charge in [-0.25, -0.2) is 0 Å². The second-order valence-corrected chi connectivity index (χ2v) is 9.67. The molecule has 158 valence electrons. The molecule has 0 amide bonds. The predicted molar refractivity (Wildman–Crippen MR) is 126 cm³/mol. The van der Waals surface area contributed by atoms with Crippen LogP contribution in [0.4, 0.5) is 8.63 Å². The van der Waals surface area contributed by atoms with Crippen molar-refractivity contribution in [3.8, 4) is 0 Å². The van der Waals surface area contributed by atoms with E-state index in [2.05, 4.69) is 36.8 Å². The van der Waals surface area contributed by atoms with Crippen LogP contribution in [0.1, 0.15) is 62.2 Å². The van der Waals surface area contributed by atoms with Crippen molar-refractivity contribution in [1.29, 1.82) is 0 Å². The van der Waals surface area contributed by atoms with Gasteiger partial charge < -0.3 is 17.6 Å². The highest BCUT2D eigenvalue weighted by atomic mass is 79.9. The quantitative estimate of drug-likeness (QED) is 0.394. The van der Waals surface area contributed by atoms with Crippen LogP contribution in [-0.2, 0) is 6.42 Å². The van der Waals surface area contributed by atoms with Crippen molar-refractivity contribution >= 4 is 50.1 Å². The molecule has 2 aliphatic heterocycles. The highest BCUT2D eigenvalue weighted by Crippen LogP contribution is 2.49. The van der Waals surface area contributed by atoms with Gasteiger partial charge in [0, 0.05) is 50.7 Å². The number of fused-ring (bicyclic) bond motifs is 2. The number of rotatable bonds is 3. The molecule has 2 aliphatic rings. The Hall–Kier alpha value is -1.54. The van der Waals surface area contributed by atoms with Gasteiger partial charge in [-0.2, -0.15) is 0 Å². The zero-order chi connectivity index (χ0) is 22.1. The molecule has 0 atom stereocenters. The molecule has 30 heavy (non-hydrogen) atoms. The summed E-state index contributed by atoms with van der Waals surface area (Å²) in [6.07, 6.45) is 4.86. The fourth-order valence-electron chi connectivity index (χ4n) is 5.37. The average molecular weight is 539 g/mol. The van der Waals surface area contributed by atoms with E-state index in [0.29, 0.717) is 35.6 Å². The SMILES string of the molecule is CCC1=C(C)C2=C(c3c(Br)cncc3Br)c3c(C)c(CC)c(C)n3[B-](F)(F)[N+]2=C1C. The molecule has 0 bridgehead atoms. The molecule has 3 nitrogen and oxygen atoms in total. The number of nitrogens with zero attached hydrogens (tertiary/aromatic N) is 3. The third-order valence-electron chi connectivity index (χ3n) is 6.60. The van der Waals surface area contributed by atoms with Gasteiger partial charge in [-0.05, 0) is 82.3 Å². The van der Waals surface area contributed by atoms with Gasteiger partial charge >= 0.3 is 6.97 Å². The van der Waals surface area contributed by atoms with E-state index in [-0.39, 0.29) is 0 Å². The second-order valence-electron chi connectivity index (χ2n) is 7.96. The third-order valence-corrected chi connectivity index (χ3v) is 7.80. The van der Waals surface area contributed by atoms with Gasteiger partial charge in [0.2, 0.25) is 0 Å². The molecular weight excluding hydrogens is 515 g/mol. The monoisotopic (exact) mass is 537 g/mol. The number of allylic oxidation sites excluding steroid dienone is 2. The summed E-state index contributed by atoms with van der Waals surface area (Å²) in [5, 5.41) is 0. The summed E-state index contributed by atoms with van der Waals surface area (Å²) in [7, 11) is 0. The summed E-state index contributed by atoms with van der Waals surface area (Å²) in [6.45, 7) is 7.60. The second kappa shape index (κ2) is 7.26. The van der Waals surface area contributed by atoms with E-state index in [9.17, 15) is 0 Å². The number of hydrogen-bond acceptors (Lipinski definition) is 1. The highest BCUT2D eigenvalue weighted by Gasteiger charge is 2.57. The molecule has 4 heterocycles. The Morgan fingerprint density at radius 3 is 2.17 bits per heavy atom. The first kappa shape index (κ1) is 21.7. The Morgan fingerprint density at radius 1 is 1.03 bits per heavy atom. The van der Waals surface area contributed by atoms with Gasteiger partial charge in [0.05, 0.1) is 5.57 Å². The molecular formula is C22H24BBr2F2N3. The number of hydrogen-bond donors (Lipinski definition) is 0. The van der Waals surface area contributed by atoms with Crippen molar-refractivity contribution < 1.29 is 13.1 Å². The van der Waals surface area contributed by atoms with Crippen LogP contribution < -0.4 is 0 Å². The van der Waals surface area contributed by atoms with E-state index in [4.69, 9.17) is 0 Å². The van der Waals surface area contributed by atoms with Crippen molar-refractivity contribution in [2.45, 2.75) is 54.4 Å². The van der Waals surface area contributed by atoms with Gasteiger partial charge in [-0.15, -0.1) is 0 Å². The van der Waals surface area contributed by atoms with Crippen LogP contribution in [0.25, 0.3) is 5.57 Å². The van der Waals surface area contributed by atoms with Crippen LogP contribution >= 0.6 is 31.9 Å². The summed E-state index contributed by atoms with van der Waals surface area (Å²) in [6, 6.07) is 0. The Balaban J connectivity index is 2.29. The number of halogens is 4. The molecule has 0 aliphatic carbocycles. The van der Waals surface area contributed by atoms with E-state index >= 15 is 8.63 Å². The minimum Gasteiger partial charge on any atom is -0.393 e. The minimum absolute atomic E-state index is 0.609. The first-order valence-electron chi connectivity index (χ1n) is 10.2. The molecule has 0 saturated carbocycles. The van der Waals surface area contributed by atoms with E-state index in [0.717, 1.165) is 42.4 Å². The third kappa shape index (κ3) is 2.65. The molecule has 0 spiro atoms. The van der Waals surface area contributed by atoms with E-state index in [1.807, 2.05) is 41.5 Å². The molecule has 0 fully saturated rings. The number of pyridine rings is 1. The molecule has 0 radical (unpaired) electrons. The zero-order valence-electron chi connectivity index (χ0n) is 18.0. The van der Waals surface area contributed by atoms with Crippen molar-refractivity contribution in [3.05, 3.63) is 66.3 Å². The lowest BCUT2D eigenvalue weighted by atomic mass is 9.84. The first-order valence-corrected chi connectivity index (χ1v) is 11.8. The summed E-state index contributed by atoms with van der Waals surface area (Å²) in [5.41, 5.74) is 8.00. The smallest absolute Gasteiger partial charge is 0.393 e. The van der Waals surface area contributed by atoms with Crippen molar-refractivity contribution in [2.24, 2.45) is 0 Å². The van der Waals surface area contributed by atoms with Gasteiger partial charge in [-0.3, -0.25) is 4.98 Å². The highest BCUT2D eigenvalue weighted by molar-refractivity contribution is 9.11. The number of aromatic nitrogens is 2. The van der Waals surface area contributed by atoms with E-state index < -0.39 is 6.97 Å². The predicted octanol–water partition coefficient (Wildman–Crippen LogP) is 6.80. The Bertz CT molecular complexity index is 1190. The summed E-state index contributed by atoms with van der Waals surface area (Å²) >= 11 is 7.27. The molecule has 0 aromatic carbocycles.